The van der Waals surface area contributed by atoms with Crippen molar-refractivity contribution in [2.75, 3.05) is 26.0 Å². The van der Waals surface area contributed by atoms with Crippen LogP contribution in [0.2, 0.25) is 0 Å². The molecule has 1 aliphatic rings. The minimum Gasteiger partial charge on any atom is -0.370 e. The van der Waals surface area contributed by atoms with Crippen molar-refractivity contribution in [2.45, 2.75) is 6.54 Å². The summed E-state index contributed by atoms with van der Waals surface area (Å²) in [4.78, 5) is 6.32. The fourth-order valence-corrected chi connectivity index (χ4v) is 2.36. The van der Waals surface area contributed by atoms with E-state index in [-0.39, 0.29) is 4.59 Å². The normalized spacial score (nSPS) is 15.7. The van der Waals surface area contributed by atoms with Gasteiger partial charge in [0.05, 0.1) is 5.69 Å². The summed E-state index contributed by atoms with van der Waals surface area (Å²) in [5.41, 5.74) is 3.21. The zero-order chi connectivity index (χ0) is 17.0. The molecule has 6 heteroatoms. The molecule has 0 aliphatic carbocycles. The third-order valence-electron chi connectivity index (χ3n) is 3.81. The number of quaternary nitrogens is 1. The van der Waals surface area contributed by atoms with Crippen LogP contribution in [0, 0.1) is 0 Å². The van der Waals surface area contributed by atoms with E-state index >= 15 is 0 Å². The van der Waals surface area contributed by atoms with Crippen LogP contribution in [0.5, 0.6) is 0 Å². The zero-order valence-corrected chi connectivity index (χ0v) is 14.2. The molecule has 3 rings (SSSR count). The molecule has 0 amide bonds. The van der Waals surface area contributed by atoms with Gasteiger partial charge in [-0.05, 0) is 29.8 Å². The molecule has 1 aliphatic heterocycles. The van der Waals surface area contributed by atoms with E-state index in [0.717, 1.165) is 17.9 Å². The van der Waals surface area contributed by atoms with Crippen LogP contribution >= 0.6 is 0 Å². The highest BCUT2D eigenvalue weighted by molar-refractivity contribution is 5.85. The molecule has 0 fully saturated rings. The predicted octanol–water partition coefficient (Wildman–Crippen LogP) is 3.80. The maximum Gasteiger partial charge on any atom is 0.376 e. The molecule has 24 heavy (non-hydrogen) atoms. The van der Waals surface area contributed by atoms with E-state index in [4.69, 9.17) is 0 Å². The van der Waals surface area contributed by atoms with Gasteiger partial charge >= 0.3 is 5.96 Å². The van der Waals surface area contributed by atoms with E-state index in [9.17, 15) is 0 Å². The zero-order valence-electron chi connectivity index (χ0n) is 14.2. The molecule has 0 atom stereocenters. The second-order valence-electron chi connectivity index (χ2n) is 6.11. The first-order valence-corrected chi connectivity index (χ1v) is 7.78. The van der Waals surface area contributed by atoms with E-state index in [2.05, 4.69) is 56.5 Å². The van der Waals surface area contributed by atoms with Crippen LogP contribution in [0.4, 0.5) is 11.4 Å². The van der Waals surface area contributed by atoms with Gasteiger partial charge in [-0.1, -0.05) is 40.5 Å². The minimum atomic E-state index is 0.265. The SMILES string of the molecule is CN(Cc1ccccc1)c1ccc(N=NC2=NC=N[N+]2(C)C)cc1. The van der Waals surface area contributed by atoms with Gasteiger partial charge in [0.2, 0.25) is 0 Å². The van der Waals surface area contributed by atoms with Gasteiger partial charge in [0.1, 0.15) is 14.1 Å². The number of azo groups is 1. The maximum absolute atomic E-state index is 4.25. The van der Waals surface area contributed by atoms with Crippen LogP contribution in [0.1, 0.15) is 5.56 Å². The summed E-state index contributed by atoms with van der Waals surface area (Å²) >= 11 is 0. The average molecular weight is 321 g/mol. The van der Waals surface area contributed by atoms with Gasteiger partial charge in [-0.25, -0.2) is 0 Å². The van der Waals surface area contributed by atoms with Crippen molar-refractivity contribution in [3.8, 4) is 0 Å². The van der Waals surface area contributed by atoms with Gasteiger partial charge in [-0.15, -0.1) is 9.71 Å². The molecule has 0 aromatic heterocycles. The first-order valence-electron chi connectivity index (χ1n) is 7.78. The smallest absolute Gasteiger partial charge is 0.370 e. The predicted molar refractivity (Wildman–Crippen MR) is 97.5 cm³/mol. The topological polar surface area (TPSA) is 52.7 Å². The van der Waals surface area contributed by atoms with Gasteiger partial charge < -0.3 is 4.90 Å². The van der Waals surface area contributed by atoms with E-state index in [0.29, 0.717) is 5.96 Å². The first-order chi connectivity index (χ1) is 11.5. The molecule has 1 heterocycles. The Morgan fingerprint density at radius 3 is 2.29 bits per heavy atom. The highest BCUT2D eigenvalue weighted by Gasteiger charge is 2.27. The largest absolute Gasteiger partial charge is 0.376 e. The van der Waals surface area contributed by atoms with Crippen molar-refractivity contribution in [3.05, 3.63) is 60.2 Å². The fraction of sp³-hybridized carbons (Fsp3) is 0.222. The number of aliphatic imine (C=N–C) groups is 1. The number of hydrogen-bond acceptors (Lipinski definition) is 5. The minimum absolute atomic E-state index is 0.265. The Bertz CT molecular complexity index is 775. The highest BCUT2D eigenvalue weighted by atomic mass is 15.7. The van der Waals surface area contributed by atoms with Gasteiger partial charge in [0, 0.05) is 19.3 Å². The summed E-state index contributed by atoms with van der Waals surface area (Å²) in [5.74, 6) is 0.570. The molecule has 0 radical (unpaired) electrons. The molecule has 2 aromatic carbocycles. The number of rotatable bonds is 4. The molecule has 6 nitrogen and oxygen atoms in total. The maximum atomic E-state index is 4.25. The number of benzene rings is 2. The second kappa shape index (κ2) is 6.72. The van der Waals surface area contributed by atoms with Crippen LogP contribution in [-0.4, -0.2) is 38.0 Å². The summed E-state index contributed by atoms with van der Waals surface area (Å²) in [5, 5.41) is 12.6. The Morgan fingerprint density at radius 2 is 1.67 bits per heavy atom. The fourth-order valence-electron chi connectivity index (χ4n) is 2.36. The van der Waals surface area contributed by atoms with Crippen molar-refractivity contribution in [1.82, 2.24) is 0 Å². The Kier molecular flexibility index (Phi) is 4.48. The van der Waals surface area contributed by atoms with E-state index in [1.807, 2.05) is 44.4 Å². The van der Waals surface area contributed by atoms with E-state index in [1.165, 1.54) is 11.9 Å². The standard InChI is InChI=1S/C18H21N6/c1-23(13-15-7-5-4-6-8-15)17-11-9-16(10-12-17)21-22-18-19-14-20-24(18,2)3/h4-12,14H,13H2,1-3H3/q+1. The molecule has 2 aromatic rings. The molecular weight excluding hydrogens is 300 g/mol. The Labute approximate surface area is 142 Å². The van der Waals surface area contributed by atoms with E-state index < -0.39 is 0 Å². The Morgan fingerprint density at radius 1 is 0.958 bits per heavy atom. The third kappa shape index (κ3) is 3.72. The van der Waals surface area contributed by atoms with E-state index in [1.54, 1.807) is 0 Å². The highest BCUT2D eigenvalue weighted by Crippen LogP contribution is 2.21. The molecule has 0 bridgehead atoms. The molecule has 0 spiro atoms. The lowest BCUT2D eigenvalue weighted by molar-refractivity contribution is -0.804. The van der Waals surface area contributed by atoms with Crippen molar-refractivity contribution in [2.24, 2.45) is 20.3 Å². The van der Waals surface area contributed by atoms with Crippen LogP contribution < -0.4 is 4.90 Å². The molecule has 0 saturated heterocycles. The summed E-state index contributed by atoms with van der Waals surface area (Å²) in [6, 6.07) is 18.4. The number of guanidine groups is 1. The average Bonchev–Trinajstić information content (AvgIpc) is 2.92. The summed E-state index contributed by atoms with van der Waals surface area (Å²) in [6.07, 6.45) is 1.51. The number of hydrogen-bond donors (Lipinski definition) is 0. The van der Waals surface area contributed by atoms with Crippen molar-refractivity contribution < 1.29 is 4.59 Å². The summed E-state index contributed by atoms with van der Waals surface area (Å²) < 4.78 is 0.265. The van der Waals surface area contributed by atoms with Gasteiger partial charge in [-0.2, -0.15) is 4.99 Å². The summed E-state index contributed by atoms with van der Waals surface area (Å²) in [6.45, 7) is 0.863. The summed E-state index contributed by atoms with van der Waals surface area (Å²) in [7, 11) is 5.89. The molecule has 122 valence electrons. The van der Waals surface area contributed by atoms with Crippen LogP contribution in [-0.2, 0) is 6.54 Å². The van der Waals surface area contributed by atoms with Crippen LogP contribution in [0.15, 0.2) is 74.9 Å². The lowest BCUT2D eigenvalue weighted by Crippen LogP contribution is -2.36. The van der Waals surface area contributed by atoms with Gasteiger partial charge in [0.25, 0.3) is 0 Å². The van der Waals surface area contributed by atoms with Gasteiger partial charge in [0.15, 0.2) is 6.34 Å². The Balaban J connectivity index is 1.65. The number of nitrogens with zero attached hydrogens (tertiary/aromatic N) is 6. The quantitative estimate of drug-likeness (QED) is 0.624. The Hall–Kier alpha value is -2.86. The molecule has 0 saturated carbocycles. The van der Waals surface area contributed by atoms with Crippen LogP contribution in [0.3, 0.4) is 0 Å². The monoisotopic (exact) mass is 321 g/mol. The third-order valence-corrected chi connectivity index (χ3v) is 3.81. The molecule has 0 N–H and O–H groups in total. The lowest BCUT2D eigenvalue weighted by Gasteiger charge is -2.19. The van der Waals surface area contributed by atoms with Crippen molar-refractivity contribution in [3.63, 3.8) is 0 Å². The second-order valence-corrected chi connectivity index (χ2v) is 6.11. The lowest BCUT2D eigenvalue weighted by atomic mass is 10.2. The number of anilines is 1. The van der Waals surface area contributed by atoms with Gasteiger partial charge in [-0.3, -0.25) is 0 Å². The molecule has 0 unspecified atom stereocenters. The van der Waals surface area contributed by atoms with Crippen molar-refractivity contribution >= 4 is 23.7 Å². The first kappa shape index (κ1) is 16.0. The van der Waals surface area contributed by atoms with Crippen molar-refractivity contribution in [1.29, 1.82) is 0 Å². The molecular formula is C18H21N6+. The van der Waals surface area contributed by atoms with Crippen LogP contribution in [0.25, 0.3) is 0 Å².